The van der Waals surface area contributed by atoms with Gasteiger partial charge < -0.3 is 9.47 Å². The number of halogens is 1. The fraction of sp³-hybridized carbons (Fsp3) is 0.0400. The lowest BCUT2D eigenvalue weighted by Crippen LogP contribution is -1.99. The van der Waals surface area contributed by atoms with Gasteiger partial charge >= 0.3 is 11.9 Å². The first-order valence-electron chi connectivity index (χ1n) is 9.40. The average Bonchev–Trinajstić information content (AvgIpc) is 3.05. The van der Waals surface area contributed by atoms with Crippen LogP contribution in [0.3, 0.4) is 0 Å². The Hall–Kier alpha value is -3.63. The Morgan fingerprint density at radius 2 is 1.57 bits per heavy atom. The number of rotatable bonds is 4. The number of esters is 2. The Kier molecular flexibility index (Phi) is 4.49. The van der Waals surface area contributed by atoms with E-state index in [4.69, 9.17) is 21.1 Å². The predicted octanol–water partition coefficient (Wildman–Crippen LogP) is 6.05. The Labute approximate surface area is 177 Å². The molecule has 0 radical (unpaired) electrons. The molecule has 5 rings (SSSR count). The van der Waals surface area contributed by atoms with Gasteiger partial charge in [0.25, 0.3) is 0 Å². The Morgan fingerprint density at radius 1 is 0.800 bits per heavy atom. The molecule has 0 saturated carbocycles. The van der Waals surface area contributed by atoms with Gasteiger partial charge in [-0.1, -0.05) is 60.1 Å². The van der Waals surface area contributed by atoms with Gasteiger partial charge in [0.2, 0.25) is 0 Å². The van der Waals surface area contributed by atoms with Crippen molar-refractivity contribution in [1.29, 1.82) is 0 Å². The maximum absolute atomic E-state index is 12.4. The minimum absolute atomic E-state index is 0.262. The molecule has 0 amide bonds. The molecule has 1 heterocycles. The van der Waals surface area contributed by atoms with Crippen LogP contribution in [0, 0.1) is 0 Å². The summed E-state index contributed by atoms with van der Waals surface area (Å²) < 4.78 is 10.8. The summed E-state index contributed by atoms with van der Waals surface area (Å²) >= 11 is 6.03. The van der Waals surface area contributed by atoms with Gasteiger partial charge in [0.05, 0.1) is 11.1 Å². The summed E-state index contributed by atoms with van der Waals surface area (Å²) in [6.07, 6.45) is 0. The van der Waals surface area contributed by atoms with E-state index in [-0.39, 0.29) is 11.1 Å². The van der Waals surface area contributed by atoms with E-state index >= 15 is 0 Å². The third-order valence-corrected chi connectivity index (χ3v) is 5.35. The minimum Gasteiger partial charge on any atom is -0.489 e. The first kappa shape index (κ1) is 18.4. The van der Waals surface area contributed by atoms with E-state index in [2.05, 4.69) is 0 Å². The summed E-state index contributed by atoms with van der Waals surface area (Å²) in [4.78, 5) is 24.7. The van der Waals surface area contributed by atoms with Gasteiger partial charge in [-0.3, -0.25) is 0 Å². The summed E-state index contributed by atoms with van der Waals surface area (Å²) in [6, 6.07) is 24.3. The van der Waals surface area contributed by atoms with Gasteiger partial charge in [-0.15, -0.1) is 0 Å². The molecule has 4 aromatic rings. The highest BCUT2D eigenvalue weighted by Crippen LogP contribution is 2.39. The second-order valence-electron chi connectivity index (χ2n) is 7.02. The van der Waals surface area contributed by atoms with E-state index in [0.717, 1.165) is 21.9 Å². The lowest BCUT2D eigenvalue weighted by molar-refractivity contribution is 0.0444. The van der Waals surface area contributed by atoms with Crippen molar-refractivity contribution in [2.45, 2.75) is 6.61 Å². The largest absolute Gasteiger partial charge is 0.489 e. The smallest absolute Gasteiger partial charge is 0.347 e. The molecular formula is C25H15ClO4. The van der Waals surface area contributed by atoms with Crippen LogP contribution in [-0.4, -0.2) is 11.9 Å². The fourth-order valence-electron chi connectivity index (χ4n) is 3.70. The van der Waals surface area contributed by atoms with Crippen LogP contribution >= 0.6 is 11.6 Å². The number of benzene rings is 4. The second-order valence-corrected chi connectivity index (χ2v) is 7.45. The summed E-state index contributed by atoms with van der Waals surface area (Å²) in [5.41, 5.74) is 3.04. The molecule has 0 fully saturated rings. The number of fused-ring (bicyclic) bond motifs is 2. The highest BCUT2D eigenvalue weighted by Gasteiger charge is 2.34. The Balaban J connectivity index is 1.64. The minimum atomic E-state index is -0.636. The molecule has 4 aromatic carbocycles. The van der Waals surface area contributed by atoms with Crippen molar-refractivity contribution >= 4 is 34.3 Å². The van der Waals surface area contributed by atoms with Crippen molar-refractivity contribution in [3.8, 4) is 16.9 Å². The molecule has 0 saturated heterocycles. The zero-order valence-electron chi connectivity index (χ0n) is 15.7. The summed E-state index contributed by atoms with van der Waals surface area (Å²) in [5.74, 6) is -0.597. The van der Waals surface area contributed by atoms with E-state index in [1.54, 1.807) is 18.2 Å². The molecule has 0 bridgehead atoms. The molecule has 0 atom stereocenters. The van der Waals surface area contributed by atoms with Crippen molar-refractivity contribution in [2.24, 2.45) is 0 Å². The van der Waals surface area contributed by atoms with Gasteiger partial charge in [0, 0.05) is 10.6 Å². The number of cyclic esters (lactones) is 2. The molecular weight excluding hydrogens is 400 g/mol. The van der Waals surface area contributed by atoms with Crippen molar-refractivity contribution in [3.63, 3.8) is 0 Å². The lowest BCUT2D eigenvalue weighted by Gasteiger charge is -2.13. The van der Waals surface area contributed by atoms with Crippen LogP contribution in [0.4, 0.5) is 0 Å². The molecule has 1 aliphatic heterocycles. The number of carbonyl (C=O) groups excluding carboxylic acids is 2. The normalized spacial score (nSPS) is 12.7. The Morgan fingerprint density at radius 3 is 2.33 bits per heavy atom. The third-order valence-electron chi connectivity index (χ3n) is 5.10. The van der Waals surface area contributed by atoms with E-state index in [1.165, 1.54) is 0 Å². The molecule has 30 heavy (non-hydrogen) atoms. The van der Waals surface area contributed by atoms with Crippen LogP contribution in [0.2, 0.25) is 5.02 Å². The maximum Gasteiger partial charge on any atom is 0.347 e. The third kappa shape index (κ3) is 3.21. The quantitative estimate of drug-likeness (QED) is 0.301. The number of ether oxygens (including phenoxy) is 2. The van der Waals surface area contributed by atoms with Crippen LogP contribution in [0.1, 0.15) is 26.3 Å². The van der Waals surface area contributed by atoms with E-state index < -0.39 is 11.9 Å². The molecule has 0 N–H and O–H groups in total. The summed E-state index contributed by atoms with van der Waals surface area (Å²) in [6.45, 7) is 0.432. The highest BCUT2D eigenvalue weighted by molar-refractivity contribution is 6.30. The van der Waals surface area contributed by atoms with Crippen molar-refractivity contribution in [1.82, 2.24) is 0 Å². The molecule has 0 spiro atoms. The number of hydrogen-bond donors (Lipinski definition) is 0. The predicted molar refractivity (Wildman–Crippen MR) is 115 cm³/mol. The maximum atomic E-state index is 12.4. The number of carbonyl (C=O) groups is 2. The van der Waals surface area contributed by atoms with E-state index in [0.29, 0.717) is 22.9 Å². The van der Waals surface area contributed by atoms with Crippen LogP contribution < -0.4 is 4.74 Å². The second kappa shape index (κ2) is 7.32. The van der Waals surface area contributed by atoms with Gasteiger partial charge in [0.1, 0.15) is 12.4 Å². The Bertz CT molecular complexity index is 1290. The average molecular weight is 415 g/mol. The van der Waals surface area contributed by atoms with Crippen molar-refractivity contribution in [3.05, 3.63) is 101 Å². The topological polar surface area (TPSA) is 52.6 Å². The SMILES string of the molecule is O=C1OC(=O)c2c1cc1cc(OCc3ccccc3)ccc1c2-c1ccc(Cl)cc1. The molecule has 4 nitrogen and oxygen atoms in total. The highest BCUT2D eigenvalue weighted by atomic mass is 35.5. The van der Waals surface area contributed by atoms with Gasteiger partial charge in [-0.2, -0.15) is 0 Å². The van der Waals surface area contributed by atoms with Crippen LogP contribution in [0.15, 0.2) is 78.9 Å². The molecule has 0 aliphatic carbocycles. The van der Waals surface area contributed by atoms with E-state index in [9.17, 15) is 9.59 Å². The molecule has 0 aromatic heterocycles. The van der Waals surface area contributed by atoms with Crippen molar-refractivity contribution in [2.75, 3.05) is 0 Å². The van der Waals surface area contributed by atoms with Gasteiger partial charge in [-0.05, 0) is 52.2 Å². The van der Waals surface area contributed by atoms with Crippen LogP contribution in [0.5, 0.6) is 5.75 Å². The van der Waals surface area contributed by atoms with Gasteiger partial charge in [-0.25, -0.2) is 9.59 Å². The van der Waals surface area contributed by atoms with Crippen molar-refractivity contribution < 1.29 is 19.1 Å². The zero-order chi connectivity index (χ0) is 20.7. The van der Waals surface area contributed by atoms with E-state index in [1.807, 2.05) is 60.7 Å². The molecule has 0 unspecified atom stereocenters. The number of hydrogen-bond acceptors (Lipinski definition) is 4. The standard InChI is InChI=1S/C25H15ClO4/c26-18-8-6-16(7-9-18)22-20-11-10-19(29-14-15-4-2-1-3-5-15)12-17(20)13-21-23(22)25(28)30-24(21)27/h1-13H,14H2. The zero-order valence-corrected chi connectivity index (χ0v) is 16.5. The molecule has 5 heteroatoms. The van der Waals surface area contributed by atoms with Gasteiger partial charge in [0.15, 0.2) is 0 Å². The summed E-state index contributed by atoms with van der Waals surface area (Å²) in [7, 11) is 0. The first-order valence-corrected chi connectivity index (χ1v) is 9.78. The van der Waals surface area contributed by atoms with Crippen LogP contribution in [0.25, 0.3) is 21.9 Å². The van der Waals surface area contributed by atoms with Crippen LogP contribution in [-0.2, 0) is 11.3 Å². The molecule has 146 valence electrons. The lowest BCUT2D eigenvalue weighted by atomic mass is 9.90. The first-order chi connectivity index (χ1) is 14.6. The summed E-state index contributed by atoms with van der Waals surface area (Å²) in [5, 5.41) is 2.21. The monoisotopic (exact) mass is 414 g/mol. The molecule has 1 aliphatic rings. The fourth-order valence-corrected chi connectivity index (χ4v) is 3.82.